The molecule has 0 fully saturated rings. The molecule has 0 saturated heterocycles. The van der Waals surface area contributed by atoms with E-state index in [0.29, 0.717) is 19.3 Å². The summed E-state index contributed by atoms with van der Waals surface area (Å²) in [5.41, 5.74) is 1.42. The predicted octanol–water partition coefficient (Wildman–Crippen LogP) is 3.04. The van der Waals surface area contributed by atoms with E-state index in [2.05, 4.69) is 42.6 Å². The van der Waals surface area contributed by atoms with E-state index in [1.54, 1.807) is 7.11 Å². The first kappa shape index (κ1) is 17.2. The fraction of sp³-hybridized carbons (Fsp3) is 0.647. The number of methoxy groups -OCH3 is 1. The highest BCUT2D eigenvalue weighted by molar-refractivity contribution is 5.14. The Morgan fingerprint density at radius 1 is 1.15 bits per heavy atom. The smallest absolute Gasteiger partial charge is 0.0701 e. The predicted molar refractivity (Wildman–Crippen MR) is 84.2 cm³/mol. The molecule has 1 aromatic carbocycles. The zero-order valence-corrected chi connectivity index (χ0v) is 12.9. The minimum Gasteiger partial charge on any atom is -0.382 e. The van der Waals surface area contributed by atoms with Gasteiger partial charge in [-0.15, -0.1) is 0 Å². The summed E-state index contributed by atoms with van der Waals surface area (Å²) < 4.78 is 10.6. The number of hydrogen-bond donors (Lipinski definition) is 1. The maximum atomic E-state index is 5.65. The van der Waals surface area contributed by atoms with Gasteiger partial charge < -0.3 is 14.8 Å². The average molecular weight is 279 g/mol. The zero-order chi connectivity index (χ0) is 14.5. The minimum atomic E-state index is 0.454. The van der Waals surface area contributed by atoms with Crippen LogP contribution in [0.1, 0.15) is 31.7 Å². The van der Waals surface area contributed by atoms with Crippen LogP contribution >= 0.6 is 0 Å². The van der Waals surface area contributed by atoms with Gasteiger partial charge in [0.15, 0.2) is 0 Å². The van der Waals surface area contributed by atoms with Gasteiger partial charge in [0.05, 0.1) is 19.8 Å². The zero-order valence-electron chi connectivity index (χ0n) is 12.9. The summed E-state index contributed by atoms with van der Waals surface area (Å²) >= 11 is 0. The van der Waals surface area contributed by atoms with Gasteiger partial charge in [-0.05, 0) is 37.8 Å². The molecule has 1 rings (SSSR count). The van der Waals surface area contributed by atoms with Crippen LogP contribution in [-0.4, -0.2) is 39.5 Å². The Labute approximate surface area is 123 Å². The number of hydrogen-bond acceptors (Lipinski definition) is 3. The summed E-state index contributed by atoms with van der Waals surface area (Å²) in [4.78, 5) is 0. The van der Waals surface area contributed by atoms with Crippen LogP contribution in [-0.2, 0) is 15.9 Å². The third kappa shape index (κ3) is 8.31. The quantitative estimate of drug-likeness (QED) is 0.597. The molecule has 1 unspecified atom stereocenters. The second-order valence-electron chi connectivity index (χ2n) is 5.10. The highest BCUT2D eigenvalue weighted by Crippen LogP contribution is 2.07. The first-order valence-corrected chi connectivity index (χ1v) is 7.70. The molecule has 1 aromatic rings. The minimum absolute atomic E-state index is 0.454. The van der Waals surface area contributed by atoms with Crippen LogP contribution in [0.4, 0.5) is 0 Å². The Bertz CT molecular complexity index is 316. The summed E-state index contributed by atoms with van der Waals surface area (Å²) in [6.45, 7) is 5.38. The van der Waals surface area contributed by atoms with Crippen molar-refractivity contribution in [3.8, 4) is 0 Å². The van der Waals surface area contributed by atoms with E-state index in [9.17, 15) is 0 Å². The van der Waals surface area contributed by atoms with Gasteiger partial charge in [0.2, 0.25) is 0 Å². The third-order valence-electron chi connectivity index (χ3n) is 3.29. The first-order chi connectivity index (χ1) is 9.86. The lowest BCUT2D eigenvalue weighted by Crippen LogP contribution is -2.34. The molecule has 1 N–H and O–H groups in total. The highest BCUT2D eigenvalue weighted by Gasteiger charge is 2.07. The number of benzene rings is 1. The van der Waals surface area contributed by atoms with Gasteiger partial charge in [-0.25, -0.2) is 0 Å². The van der Waals surface area contributed by atoms with Gasteiger partial charge in [-0.2, -0.15) is 0 Å². The lowest BCUT2D eigenvalue weighted by molar-refractivity contribution is 0.0572. The van der Waals surface area contributed by atoms with E-state index in [0.717, 1.165) is 32.4 Å². The maximum absolute atomic E-state index is 5.65. The van der Waals surface area contributed by atoms with Crippen molar-refractivity contribution in [3.05, 3.63) is 35.9 Å². The first-order valence-electron chi connectivity index (χ1n) is 7.70. The molecule has 0 saturated carbocycles. The number of rotatable bonds is 12. The van der Waals surface area contributed by atoms with Gasteiger partial charge in [-0.3, -0.25) is 0 Å². The number of aryl methyl sites for hydroxylation is 1. The Kier molecular flexibility index (Phi) is 10.2. The van der Waals surface area contributed by atoms with Gasteiger partial charge in [0.25, 0.3) is 0 Å². The van der Waals surface area contributed by atoms with Crippen molar-refractivity contribution in [2.24, 2.45) is 0 Å². The molecule has 3 nitrogen and oxygen atoms in total. The van der Waals surface area contributed by atoms with Crippen molar-refractivity contribution < 1.29 is 9.47 Å². The lowest BCUT2D eigenvalue weighted by atomic mass is 10.0. The van der Waals surface area contributed by atoms with Gasteiger partial charge in [0, 0.05) is 13.2 Å². The summed E-state index contributed by atoms with van der Waals surface area (Å²) in [5, 5.41) is 3.57. The van der Waals surface area contributed by atoms with Crippen molar-refractivity contribution in [1.82, 2.24) is 5.32 Å². The Morgan fingerprint density at radius 2 is 1.95 bits per heavy atom. The summed E-state index contributed by atoms with van der Waals surface area (Å²) in [7, 11) is 1.70. The van der Waals surface area contributed by atoms with Crippen LogP contribution in [0.25, 0.3) is 0 Å². The molecule has 0 aliphatic heterocycles. The van der Waals surface area contributed by atoms with Crippen LogP contribution < -0.4 is 5.32 Å². The van der Waals surface area contributed by atoms with Gasteiger partial charge >= 0.3 is 0 Å². The molecular formula is C17H29NO2. The standard InChI is InChI=1S/C17H29NO2/c1-3-12-18-17(15-20-14-13-19-2)11-7-10-16-8-5-4-6-9-16/h4-6,8-9,17-18H,3,7,10-15H2,1-2H3. The molecular weight excluding hydrogens is 250 g/mol. The van der Waals surface area contributed by atoms with Crippen molar-refractivity contribution in [2.45, 2.75) is 38.6 Å². The SMILES string of the molecule is CCCNC(CCCc1ccccc1)COCCOC. The summed E-state index contributed by atoms with van der Waals surface area (Å²) in [6.07, 6.45) is 4.65. The van der Waals surface area contributed by atoms with Crippen LogP contribution in [0.15, 0.2) is 30.3 Å². The van der Waals surface area contributed by atoms with E-state index in [1.807, 2.05) is 0 Å². The monoisotopic (exact) mass is 279 g/mol. The average Bonchev–Trinajstić information content (AvgIpc) is 2.49. The third-order valence-corrected chi connectivity index (χ3v) is 3.29. The molecule has 0 bridgehead atoms. The summed E-state index contributed by atoms with van der Waals surface area (Å²) in [5.74, 6) is 0. The summed E-state index contributed by atoms with van der Waals surface area (Å²) in [6, 6.07) is 11.1. The normalized spacial score (nSPS) is 12.5. The van der Waals surface area contributed by atoms with Crippen LogP contribution in [0.5, 0.6) is 0 Å². The van der Waals surface area contributed by atoms with Crippen molar-refractivity contribution >= 4 is 0 Å². The highest BCUT2D eigenvalue weighted by atomic mass is 16.5. The topological polar surface area (TPSA) is 30.5 Å². The van der Waals surface area contributed by atoms with Crippen LogP contribution in [0, 0.1) is 0 Å². The molecule has 0 radical (unpaired) electrons. The van der Waals surface area contributed by atoms with E-state index >= 15 is 0 Å². The second kappa shape index (κ2) is 11.9. The molecule has 0 spiro atoms. The van der Waals surface area contributed by atoms with E-state index < -0.39 is 0 Å². The number of ether oxygens (including phenoxy) is 2. The molecule has 0 aromatic heterocycles. The number of nitrogens with one attached hydrogen (secondary N) is 1. The largest absolute Gasteiger partial charge is 0.382 e. The van der Waals surface area contributed by atoms with Crippen LogP contribution in [0.3, 0.4) is 0 Å². The second-order valence-corrected chi connectivity index (χ2v) is 5.10. The Hall–Kier alpha value is -0.900. The fourth-order valence-electron chi connectivity index (χ4n) is 2.16. The lowest BCUT2D eigenvalue weighted by Gasteiger charge is -2.18. The molecule has 1 atom stereocenters. The van der Waals surface area contributed by atoms with Crippen LogP contribution in [0.2, 0.25) is 0 Å². The Balaban J connectivity index is 2.21. The van der Waals surface area contributed by atoms with E-state index in [4.69, 9.17) is 9.47 Å². The Morgan fingerprint density at radius 3 is 2.65 bits per heavy atom. The maximum Gasteiger partial charge on any atom is 0.0701 e. The molecule has 0 heterocycles. The van der Waals surface area contributed by atoms with Gasteiger partial charge in [0.1, 0.15) is 0 Å². The molecule has 20 heavy (non-hydrogen) atoms. The van der Waals surface area contributed by atoms with Crippen molar-refractivity contribution in [1.29, 1.82) is 0 Å². The molecule has 0 aliphatic rings. The van der Waals surface area contributed by atoms with Gasteiger partial charge in [-0.1, -0.05) is 37.3 Å². The van der Waals surface area contributed by atoms with Crippen molar-refractivity contribution in [2.75, 3.05) is 33.5 Å². The fourth-order valence-corrected chi connectivity index (χ4v) is 2.16. The molecule has 0 aliphatic carbocycles. The molecule has 114 valence electrons. The molecule has 3 heteroatoms. The van der Waals surface area contributed by atoms with Crippen molar-refractivity contribution in [3.63, 3.8) is 0 Å². The molecule has 0 amide bonds. The van der Waals surface area contributed by atoms with E-state index in [1.165, 1.54) is 12.0 Å². The van der Waals surface area contributed by atoms with E-state index in [-0.39, 0.29) is 0 Å².